The number of benzene rings is 1. The van der Waals surface area contributed by atoms with Crippen molar-refractivity contribution < 1.29 is 4.92 Å². The van der Waals surface area contributed by atoms with Gasteiger partial charge in [0, 0.05) is 16.6 Å². The Hall–Kier alpha value is -1.14. The van der Waals surface area contributed by atoms with Gasteiger partial charge in [0.25, 0.3) is 5.69 Å². The second kappa shape index (κ2) is 9.00. The molecule has 0 bridgehead atoms. The molecule has 1 atom stereocenters. The molecule has 0 aliphatic carbocycles. The minimum atomic E-state index is -0.351. The van der Waals surface area contributed by atoms with E-state index in [0.717, 1.165) is 32.5 Å². The normalized spacial score (nSPS) is 12.4. The van der Waals surface area contributed by atoms with Gasteiger partial charge in [0.05, 0.1) is 4.92 Å². The van der Waals surface area contributed by atoms with E-state index in [1.807, 2.05) is 6.07 Å². The fourth-order valence-electron chi connectivity index (χ4n) is 2.28. The van der Waals surface area contributed by atoms with Crippen LogP contribution in [0.4, 0.5) is 11.4 Å². The molecule has 1 aromatic carbocycles. The van der Waals surface area contributed by atoms with Crippen molar-refractivity contribution in [2.75, 3.05) is 25.0 Å². The lowest BCUT2D eigenvalue weighted by molar-refractivity contribution is -0.384. The third-order valence-corrected chi connectivity index (χ3v) is 4.06. The molecule has 21 heavy (non-hydrogen) atoms. The van der Waals surface area contributed by atoms with Crippen LogP contribution in [-0.4, -0.2) is 35.5 Å². The Morgan fingerprint density at radius 2 is 2.05 bits per heavy atom. The van der Waals surface area contributed by atoms with Crippen LogP contribution in [0.3, 0.4) is 0 Å². The molecule has 0 fully saturated rings. The van der Waals surface area contributed by atoms with Gasteiger partial charge in [-0.25, -0.2) is 0 Å². The number of nitrogens with zero attached hydrogens (tertiary/aromatic N) is 2. The average molecular weight is 358 g/mol. The molecule has 0 heterocycles. The monoisotopic (exact) mass is 357 g/mol. The van der Waals surface area contributed by atoms with Gasteiger partial charge in [-0.05, 0) is 51.5 Å². The first-order chi connectivity index (χ1) is 9.97. The molecule has 0 spiro atoms. The van der Waals surface area contributed by atoms with E-state index >= 15 is 0 Å². The van der Waals surface area contributed by atoms with Gasteiger partial charge in [-0.3, -0.25) is 10.1 Å². The van der Waals surface area contributed by atoms with Crippen LogP contribution < -0.4 is 5.32 Å². The van der Waals surface area contributed by atoms with E-state index in [4.69, 9.17) is 0 Å². The van der Waals surface area contributed by atoms with Crippen molar-refractivity contribution in [3.05, 3.63) is 32.8 Å². The lowest BCUT2D eigenvalue weighted by atomic mass is 10.1. The Morgan fingerprint density at radius 3 is 2.62 bits per heavy atom. The third-order valence-electron chi connectivity index (χ3n) is 3.56. The summed E-state index contributed by atoms with van der Waals surface area (Å²) in [5.41, 5.74) is 0.693. The zero-order chi connectivity index (χ0) is 15.8. The first kappa shape index (κ1) is 17.9. The summed E-state index contributed by atoms with van der Waals surface area (Å²) in [6.07, 6.45) is 2.07. The van der Waals surface area contributed by atoms with Crippen molar-refractivity contribution in [2.45, 2.75) is 39.7 Å². The molecule has 6 heteroatoms. The van der Waals surface area contributed by atoms with Gasteiger partial charge in [0.1, 0.15) is 5.69 Å². The third kappa shape index (κ3) is 6.01. The van der Waals surface area contributed by atoms with Crippen LogP contribution >= 0.6 is 15.9 Å². The number of nitro benzene ring substituents is 1. The Morgan fingerprint density at radius 1 is 1.38 bits per heavy atom. The molecule has 0 saturated carbocycles. The summed E-state index contributed by atoms with van der Waals surface area (Å²) in [6, 6.07) is 5.31. The molecular weight excluding hydrogens is 334 g/mol. The average Bonchev–Trinajstić information content (AvgIpc) is 2.45. The highest BCUT2D eigenvalue weighted by Crippen LogP contribution is 2.28. The van der Waals surface area contributed by atoms with Gasteiger partial charge >= 0.3 is 0 Å². The smallest absolute Gasteiger partial charge is 0.293 e. The molecule has 118 valence electrons. The van der Waals surface area contributed by atoms with Gasteiger partial charge in [-0.1, -0.05) is 29.8 Å². The minimum Gasteiger partial charge on any atom is -0.377 e. The van der Waals surface area contributed by atoms with Crippen molar-refractivity contribution in [3.63, 3.8) is 0 Å². The number of halogens is 1. The van der Waals surface area contributed by atoms with Crippen LogP contribution in [0.25, 0.3) is 0 Å². The second-order valence-corrected chi connectivity index (χ2v) is 6.05. The summed E-state index contributed by atoms with van der Waals surface area (Å²) in [6.45, 7) is 9.59. The number of rotatable bonds is 9. The maximum atomic E-state index is 11.1. The lowest BCUT2D eigenvalue weighted by Gasteiger charge is -2.20. The van der Waals surface area contributed by atoms with E-state index in [1.165, 1.54) is 6.07 Å². The number of anilines is 1. The van der Waals surface area contributed by atoms with Crippen LogP contribution in [0.5, 0.6) is 0 Å². The minimum absolute atomic E-state index is 0.111. The molecule has 1 rings (SSSR count). The topological polar surface area (TPSA) is 58.4 Å². The molecule has 0 aliphatic rings. The summed E-state index contributed by atoms with van der Waals surface area (Å²) in [4.78, 5) is 13.1. The van der Waals surface area contributed by atoms with E-state index in [0.29, 0.717) is 10.2 Å². The maximum absolute atomic E-state index is 11.1. The van der Waals surface area contributed by atoms with Gasteiger partial charge in [0.2, 0.25) is 0 Å². The van der Waals surface area contributed by atoms with Crippen molar-refractivity contribution in [3.8, 4) is 0 Å². The Labute approximate surface area is 135 Å². The van der Waals surface area contributed by atoms with Crippen molar-refractivity contribution in [1.82, 2.24) is 4.90 Å². The fraction of sp³-hybridized carbons (Fsp3) is 0.600. The highest BCUT2D eigenvalue weighted by molar-refractivity contribution is 9.10. The fourth-order valence-corrected chi connectivity index (χ4v) is 2.63. The molecule has 1 aromatic rings. The Balaban J connectivity index is 2.55. The lowest BCUT2D eigenvalue weighted by Crippen LogP contribution is -2.25. The van der Waals surface area contributed by atoms with E-state index < -0.39 is 0 Å². The van der Waals surface area contributed by atoms with E-state index in [1.54, 1.807) is 6.07 Å². The Kier molecular flexibility index (Phi) is 7.67. The molecule has 5 nitrogen and oxygen atoms in total. The largest absolute Gasteiger partial charge is 0.377 e. The van der Waals surface area contributed by atoms with Gasteiger partial charge < -0.3 is 10.2 Å². The van der Waals surface area contributed by atoms with Crippen molar-refractivity contribution in [1.29, 1.82) is 0 Å². The van der Waals surface area contributed by atoms with Crippen molar-refractivity contribution >= 4 is 27.3 Å². The Bertz CT molecular complexity index is 464. The number of hydrogen-bond acceptors (Lipinski definition) is 4. The molecule has 0 aliphatic heterocycles. The van der Waals surface area contributed by atoms with Gasteiger partial charge in [-0.15, -0.1) is 0 Å². The molecule has 0 amide bonds. The predicted molar refractivity (Wildman–Crippen MR) is 90.9 cm³/mol. The summed E-state index contributed by atoms with van der Waals surface area (Å²) in [7, 11) is 0. The zero-order valence-corrected chi connectivity index (χ0v) is 14.5. The highest BCUT2D eigenvalue weighted by atomic mass is 79.9. The molecule has 0 aromatic heterocycles. The second-order valence-electron chi connectivity index (χ2n) is 5.13. The first-order valence-corrected chi connectivity index (χ1v) is 8.20. The molecule has 0 saturated heterocycles. The molecular formula is C15H24BrN3O2. The van der Waals surface area contributed by atoms with Crippen LogP contribution in [0.15, 0.2) is 22.7 Å². The number of hydrogen-bond donors (Lipinski definition) is 1. The molecule has 1 unspecified atom stereocenters. The molecule has 0 radical (unpaired) electrons. The standard InChI is InChI=1S/C15H24BrN3O2/c1-4-18(5-2)10-6-7-12(3)17-14-9-8-13(16)11-15(14)19(20)21/h8-9,11-12,17H,4-7,10H2,1-3H3. The predicted octanol–water partition coefficient (Wildman–Crippen LogP) is 4.28. The number of nitrogens with one attached hydrogen (secondary N) is 1. The van der Waals surface area contributed by atoms with Gasteiger partial charge in [0.15, 0.2) is 0 Å². The summed E-state index contributed by atoms with van der Waals surface area (Å²) < 4.78 is 0.717. The van der Waals surface area contributed by atoms with Gasteiger partial charge in [-0.2, -0.15) is 0 Å². The van der Waals surface area contributed by atoms with Crippen LogP contribution in [0, 0.1) is 10.1 Å². The quantitative estimate of drug-likeness (QED) is 0.529. The highest BCUT2D eigenvalue weighted by Gasteiger charge is 2.15. The summed E-state index contributed by atoms with van der Waals surface area (Å²) in [5, 5.41) is 14.3. The summed E-state index contributed by atoms with van der Waals surface area (Å²) in [5.74, 6) is 0. The maximum Gasteiger partial charge on any atom is 0.293 e. The zero-order valence-electron chi connectivity index (χ0n) is 12.9. The first-order valence-electron chi connectivity index (χ1n) is 7.40. The van der Waals surface area contributed by atoms with Crippen LogP contribution in [0.2, 0.25) is 0 Å². The van der Waals surface area contributed by atoms with E-state index in [9.17, 15) is 10.1 Å². The molecule has 1 N–H and O–H groups in total. The summed E-state index contributed by atoms with van der Waals surface area (Å²) >= 11 is 3.27. The van der Waals surface area contributed by atoms with Crippen molar-refractivity contribution in [2.24, 2.45) is 0 Å². The SMILES string of the molecule is CCN(CC)CCCC(C)Nc1ccc(Br)cc1[N+](=O)[O-]. The van der Waals surface area contributed by atoms with Crippen LogP contribution in [-0.2, 0) is 0 Å². The van der Waals surface area contributed by atoms with E-state index in [-0.39, 0.29) is 16.7 Å². The van der Waals surface area contributed by atoms with E-state index in [2.05, 4.69) is 46.9 Å². The number of nitro groups is 1. The van der Waals surface area contributed by atoms with Crippen LogP contribution in [0.1, 0.15) is 33.6 Å².